The average molecular weight is 455 g/mol. The summed E-state index contributed by atoms with van der Waals surface area (Å²) in [7, 11) is 0. The van der Waals surface area contributed by atoms with Gasteiger partial charge in [-0.05, 0) is 37.7 Å². The van der Waals surface area contributed by atoms with Crippen molar-refractivity contribution >= 4 is 35.1 Å². The zero-order valence-electron chi connectivity index (χ0n) is 16.5. The number of halogens is 4. The maximum Gasteiger partial charge on any atom is 0.268 e. The highest BCUT2D eigenvalue weighted by molar-refractivity contribution is 6.43. The molecule has 160 valence electrons. The van der Waals surface area contributed by atoms with Gasteiger partial charge in [-0.3, -0.25) is 4.79 Å². The van der Waals surface area contributed by atoms with Crippen LogP contribution >= 0.6 is 23.2 Å². The third kappa shape index (κ3) is 3.85. The molecule has 0 atom stereocenters. The molecule has 1 saturated carbocycles. The number of aromatic nitrogens is 2. The Hall–Kier alpha value is -1.99. The van der Waals surface area contributed by atoms with Crippen molar-refractivity contribution < 1.29 is 13.6 Å². The molecule has 0 radical (unpaired) electrons. The molecule has 9 heteroatoms. The molecule has 2 aliphatic rings. The summed E-state index contributed by atoms with van der Waals surface area (Å²) in [5, 5.41) is 0.644. The minimum absolute atomic E-state index is 0.0382. The zero-order valence-corrected chi connectivity index (χ0v) is 18.0. The number of alkyl halides is 2. The van der Waals surface area contributed by atoms with Crippen LogP contribution in [0.2, 0.25) is 10.0 Å². The van der Waals surface area contributed by atoms with Crippen molar-refractivity contribution in [1.29, 1.82) is 0 Å². The SMILES string of the molecule is Cc1nc(N2CCC3(CC2)CCC(F)(F)C3)nc(C(N)=O)c1-c1cccc(Cl)c1Cl. The number of aryl methyl sites for hydroxylation is 1. The summed E-state index contributed by atoms with van der Waals surface area (Å²) in [6.45, 7) is 2.88. The van der Waals surface area contributed by atoms with Gasteiger partial charge in [-0.25, -0.2) is 18.7 Å². The largest absolute Gasteiger partial charge is 0.364 e. The molecule has 4 rings (SSSR count). The van der Waals surface area contributed by atoms with Crippen LogP contribution in [0, 0.1) is 12.3 Å². The fraction of sp³-hybridized carbons (Fsp3) is 0.476. The number of nitrogens with zero attached hydrogens (tertiary/aromatic N) is 3. The summed E-state index contributed by atoms with van der Waals surface area (Å²) in [5.74, 6) is -2.88. The summed E-state index contributed by atoms with van der Waals surface area (Å²) in [5.41, 5.74) is 6.91. The summed E-state index contributed by atoms with van der Waals surface area (Å²) in [6.07, 6.45) is 1.76. The predicted molar refractivity (Wildman–Crippen MR) is 113 cm³/mol. The van der Waals surface area contributed by atoms with E-state index < -0.39 is 11.8 Å². The number of hydrogen-bond acceptors (Lipinski definition) is 4. The van der Waals surface area contributed by atoms with Crippen molar-refractivity contribution in [1.82, 2.24) is 9.97 Å². The van der Waals surface area contributed by atoms with Crippen LogP contribution in [0.25, 0.3) is 11.1 Å². The number of primary amides is 1. The fourth-order valence-electron chi connectivity index (χ4n) is 4.68. The number of hydrogen-bond donors (Lipinski definition) is 1. The fourth-order valence-corrected chi connectivity index (χ4v) is 5.07. The molecule has 30 heavy (non-hydrogen) atoms. The minimum atomic E-state index is -2.56. The highest BCUT2D eigenvalue weighted by atomic mass is 35.5. The second-order valence-electron chi connectivity index (χ2n) is 8.32. The van der Waals surface area contributed by atoms with E-state index in [0.29, 0.717) is 65.2 Å². The Morgan fingerprint density at radius 2 is 1.83 bits per heavy atom. The van der Waals surface area contributed by atoms with E-state index in [2.05, 4.69) is 9.97 Å². The second kappa shape index (κ2) is 7.61. The van der Waals surface area contributed by atoms with Gasteiger partial charge < -0.3 is 10.6 Å². The van der Waals surface area contributed by atoms with Gasteiger partial charge in [0.2, 0.25) is 11.9 Å². The first-order valence-corrected chi connectivity index (χ1v) is 10.6. The van der Waals surface area contributed by atoms with Gasteiger partial charge in [0.05, 0.1) is 15.7 Å². The van der Waals surface area contributed by atoms with Crippen molar-refractivity contribution in [2.45, 2.75) is 45.0 Å². The van der Waals surface area contributed by atoms with Crippen LogP contribution in [0.15, 0.2) is 18.2 Å². The monoisotopic (exact) mass is 454 g/mol. The molecule has 1 aliphatic carbocycles. The van der Waals surface area contributed by atoms with E-state index in [-0.39, 0.29) is 24.0 Å². The first kappa shape index (κ1) is 21.2. The van der Waals surface area contributed by atoms with Crippen molar-refractivity contribution in [2.24, 2.45) is 11.1 Å². The predicted octanol–water partition coefficient (Wildman–Crippen LogP) is 5.26. The molecule has 1 aromatic heterocycles. The minimum Gasteiger partial charge on any atom is -0.364 e. The molecule has 2 heterocycles. The normalized spacial score (nSPS) is 20.0. The Kier molecular flexibility index (Phi) is 5.39. The number of carbonyl (C=O) groups excluding carboxylic acids is 1. The van der Waals surface area contributed by atoms with Gasteiger partial charge in [-0.15, -0.1) is 0 Å². The summed E-state index contributed by atoms with van der Waals surface area (Å²) in [6, 6.07) is 5.11. The number of carbonyl (C=O) groups is 1. The Morgan fingerprint density at radius 3 is 2.43 bits per heavy atom. The Labute approximate surface area is 183 Å². The number of rotatable bonds is 3. The van der Waals surface area contributed by atoms with E-state index in [1.807, 2.05) is 4.90 Å². The van der Waals surface area contributed by atoms with Crippen LogP contribution in [0.1, 0.15) is 48.3 Å². The van der Waals surface area contributed by atoms with Gasteiger partial charge in [0.1, 0.15) is 5.69 Å². The van der Waals surface area contributed by atoms with E-state index in [0.717, 1.165) is 0 Å². The molecule has 2 fully saturated rings. The number of nitrogens with two attached hydrogens (primary N) is 1. The molecule has 0 unspecified atom stereocenters. The lowest BCUT2D eigenvalue weighted by Gasteiger charge is -2.39. The molecular weight excluding hydrogens is 433 g/mol. The number of piperidine rings is 1. The number of anilines is 1. The molecule has 1 aliphatic heterocycles. The van der Waals surface area contributed by atoms with Crippen LogP contribution < -0.4 is 10.6 Å². The van der Waals surface area contributed by atoms with Gasteiger partial charge in [0, 0.05) is 37.1 Å². The van der Waals surface area contributed by atoms with Crippen LogP contribution in [-0.2, 0) is 0 Å². The lowest BCUT2D eigenvalue weighted by atomic mass is 9.77. The van der Waals surface area contributed by atoms with Crippen molar-refractivity contribution in [3.8, 4) is 11.1 Å². The smallest absolute Gasteiger partial charge is 0.268 e. The molecule has 1 amide bonds. The Morgan fingerprint density at radius 1 is 1.13 bits per heavy atom. The van der Waals surface area contributed by atoms with E-state index in [1.165, 1.54) is 0 Å². The van der Waals surface area contributed by atoms with Gasteiger partial charge in [0.25, 0.3) is 5.91 Å². The molecule has 1 aromatic carbocycles. The lowest BCUT2D eigenvalue weighted by Crippen LogP contribution is -2.40. The molecule has 1 spiro atoms. The third-order valence-electron chi connectivity index (χ3n) is 6.29. The van der Waals surface area contributed by atoms with Crippen LogP contribution in [0.5, 0.6) is 0 Å². The lowest BCUT2D eigenvalue weighted by molar-refractivity contribution is -0.00684. The first-order chi connectivity index (χ1) is 14.1. The van der Waals surface area contributed by atoms with Crippen molar-refractivity contribution in [2.75, 3.05) is 18.0 Å². The van der Waals surface area contributed by atoms with E-state index in [1.54, 1.807) is 25.1 Å². The third-order valence-corrected chi connectivity index (χ3v) is 7.11. The summed E-state index contributed by atoms with van der Waals surface area (Å²) >= 11 is 12.5. The Balaban J connectivity index is 1.65. The van der Waals surface area contributed by atoms with Crippen molar-refractivity contribution in [3.05, 3.63) is 39.6 Å². The maximum atomic E-state index is 13.7. The standard InChI is InChI=1S/C21H22Cl2F2N4O/c1-12-15(13-3-2-4-14(22)16(13)23)17(18(26)30)28-19(27-12)29-9-7-20(8-10-29)5-6-21(24,25)11-20/h2-4H,5-11H2,1H3,(H2,26,30). The number of amides is 1. The van der Waals surface area contributed by atoms with E-state index >= 15 is 0 Å². The average Bonchev–Trinajstić information content (AvgIpc) is 2.98. The van der Waals surface area contributed by atoms with Gasteiger partial charge >= 0.3 is 0 Å². The molecule has 2 N–H and O–H groups in total. The topological polar surface area (TPSA) is 72.1 Å². The quantitative estimate of drug-likeness (QED) is 0.685. The zero-order chi connectivity index (χ0) is 21.7. The van der Waals surface area contributed by atoms with Gasteiger partial charge in [0.15, 0.2) is 0 Å². The van der Waals surface area contributed by atoms with Crippen LogP contribution in [0.4, 0.5) is 14.7 Å². The second-order valence-corrected chi connectivity index (χ2v) is 9.10. The Bertz CT molecular complexity index is 1010. The van der Waals surface area contributed by atoms with Gasteiger partial charge in [-0.2, -0.15) is 0 Å². The number of benzene rings is 1. The summed E-state index contributed by atoms with van der Waals surface area (Å²) < 4.78 is 27.5. The maximum absolute atomic E-state index is 13.7. The first-order valence-electron chi connectivity index (χ1n) is 9.86. The van der Waals surface area contributed by atoms with E-state index in [9.17, 15) is 13.6 Å². The highest BCUT2D eigenvalue weighted by Crippen LogP contribution is 2.53. The molecule has 5 nitrogen and oxygen atoms in total. The summed E-state index contributed by atoms with van der Waals surface area (Å²) in [4.78, 5) is 23.2. The van der Waals surface area contributed by atoms with Gasteiger partial charge in [-0.1, -0.05) is 35.3 Å². The molecule has 0 bridgehead atoms. The van der Waals surface area contributed by atoms with Crippen LogP contribution in [-0.4, -0.2) is 34.9 Å². The van der Waals surface area contributed by atoms with Crippen LogP contribution in [0.3, 0.4) is 0 Å². The highest BCUT2D eigenvalue weighted by Gasteiger charge is 2.50. The molecular formula is C21H22Cl2F2N4O. The van der Waals surface area contributed by atoms with E-state index in [4.69, 9.17) is 28.9 Å². The molecule has 1 saturated heterocycles. The van der Waals surface area contributed by atoms with Crippen molar-refractivity contribution in [3.63, 3.8) is 0 Å². The molecule has 2 aromatic rings.